The van der Waals surface area contributed by atoms with Crippen LogP contribution in [-0.4, -0.2) is 19.2 Å². The number of ether oxygens (including phenoxy) is 2. The zero-order valence-corrected chi connectivity index (χ0v) is 13.6. The monoisotopic (exact) mass is 314 g/mol. The first-order valence-corrected chi connectivity index (χ1v) is 7.52. The van der Waals surface area contributed by atoms with Gasteiger partial charge in [-0.1, -0.05) is 30.3 Å². The van der Waals surface area contributed by atoms with Gasteiger partial charge in [-0.15, -0.1) is 0 Å². The predicted octanol–water partition coefficient (Wildman–Crippen LogP) is 3.80. The zero-order valence-electron chi connectivity index (χ0n) is 13.6. The standard InChI is InChI=1S/C18H22N2O3/c1-13(2)23-17-11-7-5-9-15(17)20-18(21)19-12-14-8-4-6-10-16(14)22-3/h4-11,13H,12H2,1-3H3,(H2,19,20,21). The van der Waals surface area contributed by atoms with Gasteiger partial charge in [-0.05, 0) is 32.0 Å². The molecule has 0 aliphatic carbocycles. The molecule has 2 N–H and O–H groups in total. The molecule has 0 bridgehead atoms. The van der Waals surface area contributed by atoms with E-state index in [0.29, 0.717) is 18.0 Å². The van der Waals surface area contributed by atoms with Gasteiger partial charge in [0.1, 0.15) is 11.5 Å². The summed E-state index contributed by atoms with van der Waals surface area (Å²) in [5.74, 6) is 1.39. The summed E-state index contributed by atoms with van der Waals surface area (Å²) in [6.45, 7) is 4.26. The van der Waals surface area contributed by atoms with Crippen LogP contribution in [-0.2, 0) is 6.54 Å². The van der Waals surface area contributed by atoms with Crippen molar-refractivity contribution in [3.63, 3.8) is 0 Å². The van der Waals surface area contributed by atoms with Crippen LogP contribution in [0.4, 0.5) is 10.5 Å². The van der Waals surface area contributed by atoms with E-state index in [4.69, 9.17) is 9.47 Å². The van der Waals surface area contributed by atoms with Crippen molar-refractivity contribution in [3.8, 4) is 11.5 Å². The Morgan fingerprint density at radius 1 is 1.04 bits per heavy atom. The van der Waals surface area contributed by atoms with Gasteiger partial charge in [0.2, 0.25) is 0 Å². The average molecular weight is 314 g/mol. The summed E-state index contributed by atoms with van der Waals surface area (Å²) in [6, 6.07) is 14.6. The third-order valence-electron chi connectivity index (χ3n) is 3.13. The summed E-state index contributed by atoms with van der Waals surface area (Å²) in [7, 11) is 1.61. The lowest BCUT2D eigenvalue weighted by atomic mass is 10.2. The van der Waals surface area contributed by atoms with Gasteiger partial charge in [0.15, 0.2) is 0 Å². The minimum absolute atomic E-state index is 0.0367. The Balaban J connectivity index is 1.97. The van der Waals surface area contributed by atoms with Crippen LogP contribution in [0.3, 0.4) is 0 Å². The number of methoxy groups -OCH3 is 1. The van der Waals surface area contributed by atoms with Crippen molar-refractivity contribution < 1.29 is 14.3 Å². The number of nitrogens with one attached hydrogen (secondary N) is 2. The van der Waals surface area contributed by atoms with Gasteiger partial charge in [0, 0.05) is 12.1 Å². The van der Waals surface area contributed by atoms with E-state index in [-0.39, 0.29) is 12.1 Å². The quantitative estimate of drug-likeness (QED) is 0.852. The first-order valence-electron chi connectivity index (χ1n) is 7.52. The highest BCUT2D eigenvalue weighted by Gasteiger charge is 2.09. The summed E-state index contributed by atoms with van der Waals surface area (Å²) < 4.78 is 11.0. The van der Waals surface area contributed by atoms with Crippen molar-refractivity contribution in [3.05, 3.63) is 54.1 Å². The van der Waals surface area contributed by atoms with Gasteiger partial charge in [0.25, 0.3) is 0 Å². The predicted molar refractivity (Wildman–Crippen MR) is 91.1 cm³/mol. The fourth-order valence-electron chi connectivity index (χ4n) is 2.12. The molecular weight excluding hydrogens is 292 g/mol. The summed E-state index contributed by atoms with van der Waals surface area (Å²) in [6.07, 6.45) is 0.0367. The van der Waals surface area contributed by atoms with E-state index in [9.17, 15) is 4.79 Å². The van der Waals surface area contributed by atoms with Crippen LogP contribution in [0.15, 0.2) is 48.5 Å². The fourth-order valence-corrected chi connectivity index (χ4v) is 2.12. The highest BCUT2D eigenvalue weighted by atomic mass is 16.5. The maximum atomic E-state index is 12.1. The van der Waals surface area contributed by atoms with E-state index >= 15 is 0 Å². The number of anilines is 1. The summed E-state index contributed by atoms with van der Waals surface area (Å²) >= 11 is 0. The number of hydrogen-bond donors (Lipinski definition) is 2. The van der Waals surface area contributed by atoms with Gasteiger partial charge in [-0.2, -0.15) is 0 Å². The highest BCUT2D eigenvalue weighted by Crippen LogP contribution is 2.24. The third kappa shape index (κ3) is 4.92. The Labute approximate surface area is 136 Å². The Hall–Kier alpha value is -2.69. The topological polar surface area (TPSA) is 59.6 Å². The molecule has 0 saturated carbocycles. The molecule has 2 amide bonds. The number of rotatable bonds is 6. The molecule has 2 aromatic rings. The molecule has 5 heteroatoms. The molecule has 0 aliphatic rings. The van der Waals surface area contributed by atoms with Crippen molar-refractivity contribution in [2.24, 2.45) is 0 Å². The average Bonchev–Trinajstić information content (AvgIpc) is 2.54. The maximum Gasteiger partial charge on any atom is 0.319 e. The lowest BCUT2D eigenvalue weighted by Crippen LogP contribution is -2.28. The molecular formula is C18H22N2O3. The van der Waals surface area contributed by atoms with Crippen molar-refractivity contribution in [1.82, 2.24) is 5.32 Å². The van der Waals surface area contributed by atoms with E-state index < -0.39 is 0 Å². The van der Waals surface area contributed by atoms with Crippen molar-refractivity contribution in [1.29, 1.82) is 0 Å². The van der Waals surface area contributed by atoms with E-state index in [1.54, 1.807) is 13.2 Å². The normalized spacial score (nSPS) is 10.3. The Bertz CT molecular complexity index is 656. The fraction of sp³-hybridized carbons (Fsp3) is 0.278. The molecule has 0 unspecified atom stereocenters. The number of urea groups is 1. The van der Waals surface area contributed by atoms with Crippen LogP contribution >= 0.6 is 0 Å². The molecule has 2 rings (SSSR count). The molecule has 122 valence electrons. The van der Waals surface area contributed by atoms with E-state index in [1.807, 2.05) is 56.3 Å². The second-order valence-corrected chi connectivity index (χ2v) is 5.28. The van der Waals surface area contributed by atoms with Crippen LogP contribution < -0.4 is 20.1 Å². The summed E-state index contributed by atoms with van der Waals surface area (Å²) in [4.78, 5) is 12.1. The summed E-state index contributed by atoms with van der Waals surface area (Å²) in [5.41, 5.74) is 1.55. The van der Waals surface area contributed by atoms with Crippen LogP contribution in [0.25, 0.3) is 0 Å². The first-order chi connectivity index (χ1) is 11.1. The minimum Gasteiger partial charge on any atom is -0.496 e. The molecule has 0 atom stereocenters. The van der Waals surface area contributed by atoms with Crippen molar-refractivity contribution in [2.45, 2.75) is 26.5 Å². The second-order valence-electron chi connectivity index (χ2n) is 5.28. The number of hydrogen-bond acceptors (Lipinski definition) is 3. The third-order valence-corrected chi connectivity index (χ3v) is 3.13. The van der Waals surface area contributed by atoms with Gasteiger partial charge in [0.05, 0.1) is 18.9 Å². The van der Waals surface area contributed by atoms with Gasteiger partial charge < -0.3 is 20.1 Å². The van der Waals surface area contributed by atoms with E-state index in [0.717, 1.165) is 11.3 Å². The lowest BCUT2D eigenvalue weighted by molar-refractivity contribution is 0.241. The zero-order chi connectivity index (χ0) is 16.7. The van der Waals surface area contributed by atoms with E-state index in [2.05, 4.69) is 10.6 Å². The number of carbonyl (C=O) groups is 1. The van der Waals surface area contributed by atoms with Crippen LogP contribution in [0, 0.1) is 0 Å². The van der Waals surface area contributed by atoms with Crippen molar-refractivity contribution >= 4 is 11.7 Å². The van der Waals surface area contributed by atoms with Crippen LogP contribution in [0.2, 0.25) is 0 Å². The number of benzene rings is 2. The van der Waals surface area contributed by atoms with Gasteiger partial charge >= 0.3 is 6.03 Å². The van der Waals surface area contributed by atoms with Gasteiger partial charge in [-0.3, -0.25) is 0 Å². The molecule has 5 nitrogen and oxygen atoms in total. The first kappa shape index (κ1) is 16.7. The van der Waals surface area contributed by atoms with Crippen LogP contribution in [0.1, 0.15) is 19.4 Å². The number of carbonyl (C=O) groups excluding carboxylic acids is 1. The van der Waals surface area contributed by atoms with Crippen molar-refractivity contribution in [2.75, 3.05) is 12.4 Å². The molecule has 0 aliphatic heterocycles. The molecule has 0 heterocycles. The SMILES string of the molecule is COc1ccccc1CNC(=O)Nc1ccccc1OC(C)C. The molecule has 23 heavy (non-hydrogen) atoms. The summed E-state index contributed by atoms with van der Waals surface area (Å²) in [5, 5.41) is 5.62. The smallest absolute Gasteiger partial charge is 0.319 e. The second kappa shape index (κ2) is 8.08. The van der Waals surface area contributed by atoms with Crippen LogP contribution in [0.5, 0.6) is 11.5 Å². The molecule has 0 aromatic heterocycles. The number of para-hydroxylation sites is 3. The Kier molecular flexibility index (Phi) is 5.86. The lowest BCUT2D eigenvalue weighted by Gasteiger charge is -2.15. The van der Waals surface area contributed by atoms with Gasteiger partial charge in [-0.25, -0.2) is 4.79 Å². The molecule has 2 aromatic carbocycles. The molecule has 0 fully saturated rings. The molecule has 0 radical (unpaired) electrons. The molecule has 0 spiro atoms. The Morgan fingerprint density at radius 2 is 1.70 bits per heavy atom. The number of amides is 2. The maximum absolute atomic E-state index is 12.1. The Morgan fingerprint density at radius 3 is 2.39 bits per heavy atom. The molecule has 0 saturated heterocycles. The minimum atomic E-state index is -0.296. The largest absolute Gasteiger partial charge is 0.496 e. The van der Waals surface area contributed by atoms with E-state index in [1.165, 1.54) is 0 Å². The highest BCUT2D eigenvalue weighted by molar-refractivity contribution is 5.90.